The Labute approximate surface area is 67.0 Å². The van der Waals surface area contributed by atoms with Crippen molar-refractivity contribution in [2.45, 2.75) is 25.7 Å². The van der Waals surface area contributed by atoms with Crippen LogP contribution in [0.5, 0.6) is 0 Å². The third kappa shape index (κ3) is 10.7. The van der Waals surface area contributed by atoms with Crippen molar-refractivity contribution in [2.24, 2.45) is 5.73 Å². The van der Waals surface area contributed by atoms with Gasteiger partial charge in [0.2, 0.25) is 0 Å². The summed E-state index contributed by atoms with van der Waals surface area (Å²) in [6, 6.07) is 0. The molecule has 0 heterocycles. The van der Waals surface area contributed by atoms with Crippen molar-refractivity contribution in [2.75, 3.05) is 6.54 Å². The SMILES string of the molecule is Cl.NCCCCCC(=O)O. The average molecular weight is 168 g/mol. The van der Waals surface area contributed by atoms with E-state index in [2.05, 4.69) is 0 Å². The summed E-state index contributed by atoms with van der Waals surface area (Å²) in [5.41, 5.74) is 5.20. The van der Waals surface area contributed by atoms with E-state index in [0.717, 1.165) is 19.3 Å². The first-order valence-corrected chi connectivity index (χ1v) is 3.19. The Balaban J connectivity index is 0. The molecule has 0 aromatic carbocycles. The smallest absolute Gasteiger partial charge is 0.303 e. The van der Waals surface area contributed by atoms with Crippen LogP contribution in [-0.2, 0) is 4.79 Å². The molecule has 0 aromatic heterocycles. The Hall–Kier alpha value is -0.280. The molecule has 62 valence electrons. The molecule has 0 unspecified atom stereocenters. The lowest BCUT2D eigenvalue weighted by molar-refractivity contribution is -0.137. The number of aliphatic carboxylic acids is 1. The zero-order chi connectivity index (χ0) is 7.11. The fourth-order valence-electron chi connectivity index (χ4n) is 0.597. The van der Waals surface area contributed by atoms with Gasteiger partial charge in [-0.15, -0.1) is 12.4 Å². The number of halogens is 1. The predicted octanol–water partition coefficient (Wildman–Crippen LogP) is 1.01. The first-order chi connectivity index (χ1) is 4.27. The van der Waals surface area contributed by atoms with E-state index in [1.54, 1.807) is 0 Å². The highest BCUT2D eigenvalue weighted by Crippen LogP contribution is 1.97. The van der Waals surface area contributed by atoms with Gasteiger partial charge in [-0.2, -0.15) is 0 Å². The van der Waals surface area contributed by atoms with Crippen LogP contribution in [0.15, 0.2) is 0 Å². The lowest BCUT2D eigenvalue weighted by Crippen LogP contribution is -1.99. The van der Waals surface area contributed by atoms with Crippen molar-refractivity contribution in [1.82, 2.24) is 0 Å². The molecule has 0 atom stereocenters. The summed E-state index contributed by atoms with van der Waals surface area (Å²) in [5, 5.41) is 8.18. The lowest BCUT2D eigenvalue weighted by Gasteiger charge is -1.93. The molecule has 10 heavy (non-hydrogen) atoms. The summed E-state index contributed by atoms with van der Waals surface area (Å²) in [4.78, 5) is 9.93. The molecular formula is C6H14ClNO2. The Morgan fingerprint density at radius 3 is 2.30 bits per heavy atom. The van der Waals surface area contributed by atoms with E-state index in [1.807, 2.05) is 0 Å². The molecule has 0 saturated heterocycles. The number of carboxylic acids is 1. The molecule has 0 rings (SSSR count). The normalized spacial score (nSPS) is 8.50. The van der Waals surface area contributed by atoms with Gasteiger partial charge in [0.05, 0.1) is 0 Å². The second-order valence-electron chi connectivity index (χ2n) is 1.99. The maximum atomic E-state index is 9.93. The van der Waals surface area contributed by atoms with Crippen molar-refractivity contribution in [3.8, 4) is 0 Å². The number of carbonyl (C=O) groups is 1. The average Bonchev–Trinajstić information content (AvgIpc) is 1.80. The van der Waals surface area contributed by atoms with Gasteiger partial charge < -0.3 is 10.8 Å². The Bertz CT molecular complexity index is 87.8. The molecule has 0 amide bonds. The van der Waals surface area contributed by atoms with Gasteiger partial charge in [-0.1, -0.05) is 6.42 Å². The third-order valence-electron chi connectivity index (χ3n) is 1.09. The molecule has 3 N–H and O–H groups in total. The number of nitrogens with two attached hydrogens (primary N) is 1. The van der Waals surface area contributed by atoms with Crippen LogP contribution < -0.4 is 5.73 Å². The first-order valence-electron chi connectivity index (χ1n) is 3.19. The minimum Gasteiger partial charge on any atom is -0.481 e. The van der Waals surface area contributed by atoms with Crippen molar-refractivity contribution in [3.63, 3.8) is 0 Å². The van der Waals surface area contributed by atoms with Crippen LogP contribution in [0.1, 0.15) is 25.7 Å². The van der Waals surface area contributed by atoms with Gasteiger partial charge >= 0.3 is 5.97 Å². The predicted molar refractivity (Wildman–Crippen MR) is 42.4 cm³/mol. The Morgan fingerprint density at radius 2 is 1.90 bits per heavy atom. The highest BCUT2D eigenvalue weighted by atomic mass is 35.5. The number of hydrogen-bond donors (Lipinski definition) is 2. The molecule has 0 saturated carbocycles. The largest absolute Gasteiger partial charge is 0.481 e. The van der Waals surface area contributed by atoms with Crippen LogP contribution in [0.2, 0.25) is 0 Å². The molecule has 0 spiro atoms. The van der Waals surface area contributed by atoms with Crippen LogP contribution in [0.4, 0.5) is 0 Å². The van der Waals surface area contributed by atoms with E-state index >= 15 is 0 Å². The summed E-state index contributed by atoms with van der Waals surface area (Å²) in [7, 11) is 0. The maximum Gasteiger partial charge on any atom is 0.303 e. The Kier molecular flexibility index (Phi) is 10.8. The minimum absolute atomic E-state index is 0. The number of hydrogen-bond acceptors (Lipinski definition) is 2. The van der Waals surface area contributed by atoms with Crippen molar-refractivity contribution in [3.05, 3.63) is 0 Å². The highest BCUT2D eigenvalue weighted by Gasteiger charge is 1.94. The second kappa shape index (κ2) is 8.72. The van der Waals surface area contributed by atoms with Gasteiger partial charge in [0.1, 0.15) is 0 Å². The fraction of sp³-hybridized carbons (Fsp3) is 0.833. The van der Waals surface area contributed by atoms with Gasteiger partial charge in [0.25, 0.3) is 0 Å². The summed E-state index contributed by atoms with van der Waals surface area (Å²) < 4.78 is 0. The van der Waals surface area contributed by atoms with Gasteiger partial charge in [0, 0.05) is 6.42 Å². The molecule has 0 aliphatic rings. The Morgan fingerprint density at radius 1 is 1.30 bits per heavy atom. The summed E-state index contributed by atoms with van der Waals surface area (Å²) in [5.74, 6) is -0.716. The van der Waals surface area contributed by atoms with Crippen molar-refractivity contribution < 1.29 is 9.90 Å². The van der Waals surface area contributed by atoms with Gasteiger partial charge in [0.15, 0.2) is 0 Å². The van der Waals surface area contributed by atoms with E-state index in [9.17, 15) is 4.79 Å². The highest BCUT2D eigenvalue weighted by molar-refractivity contribution is 5.85. The number of rotatable bonds is 5. The van der Waals surface area contributed by atoms with Crippen LogP contribution in [0.3, 0.4) is 0 Å². The molecular weight excluding hydrogens is 154 g/mol. The van der Waals surface area contributed by atoms with Gasteiger partial charge in [-0.25, -0.2) is 0 Å². The monoisotopic (exact) mass is 167 g/mol. The zero-order valence-corrected chi connectivity index (χ0v) is 6.69. The third-order valence-corrected chi connectivity index (χ3v) is 1.09. The summed E-state index contributed by atoms with van der Waals surface area (Å²) in [6.45, 7) is 0.666. The van der Waals surface area contributed by atoms with Crippen LogP contribution in [0, 0.1) is 0 Å². The molecule has 3 nitrogen and oxygen atoms in total. The lowest BCUT2D eigenvalue weighted by atomic mass is 10.2. The summed E-state index contributed by atoms with van der Waals surface area (Å²) in [6.07, 6.45) is 2.91. The van der Waals surface area contributed by atoms with E-state index in [1.165, 1.54) is 0 Å². The molecule has 0 aliphatic heterocycles. The minimum atomic E-state index is -0.716. The van der Waals surface area contributed by atoms with E-state index in [-0.39, 0.29) is 18.8 Å². The maximum absolute atomic E-state index is 9.93. The van der Waals surface area contributed by atoms with Crippen LogP contribution in [0.25, 0.3) is 0 Å². The molecule has 0 aromatic rings. The first kappa shape index (κ1) is 12.4. The van der Waals surface area contributed by atoms with E-state index < -0.39 is 5.97 Å². The zero-order valence-electron chi connectivity index (χ0n) is 5.88. The molecule has 0 bridgehead atoms. The number of carboxylic acid groups (broad SMARTS) is 1. The molecule has 4 heteroatoms. The van der Waals surface area contributed by atoms with Crippen molar-refractivity contribution in [1.29, 1.82) is 0 Å². The second-order valence-corrected chi connectivity index (χ2v) is 1.99. The standard InChI is InChI=1S/C6H13NO2.ClH/c7-5-3-1-2-4-6(8)9;/h1-5,7H2,(H,8,9);1H. The fourth-order valence-corrected chi connectivity index (χ4v) is 0.597. The number of unbranched alkanes of at least 4 members (excludes halogenated alkanes) is 2. The van der Waals surface area contributed by atoms with Crippen molar-refractivity contribution >= 4 is 18.4 Å². The quantitative estimate of drug-likeness (QED) is 0.601. The molecule has 0 aliphatic carbocycles. The molecule has 0 fully saturated rings. The summed E-state index contributed by atoms with van der Waals surface area (Å²) >= 11 is 0. The topological polar surface area (TPSA) is 63.3 Å². The van der Waals surface area contributed by atoms with Crippen LogP contribution in [-0.4, -0.2) is 17.6 Å². The van der Waals surface area contributed by atoms with E-state index in [0.29, 0.717) is 6.54 Å². The van der Waals surface area contributed by atoms with Crippen LogP contribution >= 0.6 is 12.4 Å². The van der Waals surface area contributed by atoms with Gasteiger partial charge in [-0.3, -0.25) is 4.79 Å². The van der Waals surface area contributed by atoms with E-state index in [4.69, 9.17) is 10.8 Å². The van der Waals surface area contributed by atoms with Gasteiger partial charge in [-0.05, 0) is 19.4 Å². The molecule has 0 radical (unpaired) electrons.